The van der Waals surface area contributed by atoms with Crippen LogP contribution in [-0.2, 0) is 0 Å². The Labute approximate surface area is 203 Å². The number of benzene rings is 1. The van der Waals surface area contributed by atoms with E-state index in [9.17, 15) is 4.79 Å². The van der Waals surface area contributed by atoms with Crippen molar-refractivity contribution in [3.8, 4) is 22.8 Å². The third-order valence-electron chi connectivity index (χ3n) is 5.53. The van der Waals surface area contributed by atoms with Gasteiger partial charge in [0.1, 0.15) is 0 Å². The Morgan fingerprint density at radius 1 is 0.714 bits per heavy atom. The largest absolute Gasteiger partial charge is 0.361 e. The number of rotatable bonds is 6. The molecule has 1 radical (unpaired) electrons. The molecule has 35 heavy (non-hydrogen) atoms. The molecule has 5 rings (SSSR count). The second-order valence-corrected chi connectivity index (χ2v) is 8.73. The first-order valence-corrected chi connectivity index (χ1v) is 11.5. The Morgan fingerprint density at radius 3 is 1.74 bits per heavy atom. The Morgan fingerprint density at radius 2 is 1.26 bits per heavy atom. The zero-order chi connectivity index (χ0) is 24.5. The minimum atomic E-state index is -0.218. The van der Waals surface area contributed by atoms with Gasteiger partial charge in [0, 0.05) is 30.4 Å². The van der Waals surface area contributed by atoms with Gasteiger partial charge in [0.25, 0.3) is 0 Å². The summed E-state index contributed by atoms with van der Waals surface area (Å²) in [6, 6.07) is 15.3. The topological polar surface area (TPSA) is 98.5 Å². The highest BCUT2D eigenvalue weighted by molar-refractivity contribution is 6.01. The summed E-state index contributed by atoms with van der Waals surface area (Å²) >= 11 is 0. The fourth-order valence-electron chi connectivity index (χ4n) is 3.73. The maximum atomic E-state index is 12.7. The van der Waals surface area contributed by atoms with E-state index in [1.54, 1.807) is 21.8 Å². The third kappa shape index (κ3) is 4.37. The van der Waals surface area contributed by atoms with E-state index < -0.39 is 0 Å². The van der Waals surface area contributed by atoms with Crippen molar-refractivity contribution in [1.29, 1.82) is 0 Å². The molecule has 1 aliphatic rings. The van der Waals surface area contributed by atoms with Crippen molar-refractivity contribution in [2.45, 2.75) is 39.8 Å². The summed E-state index contributed by atoms with van der Waals surface area (Å²) in [6.07, 6.45) is 7.15. The van der Waals surface area contributed by atoms with Crippen LogP contribution in [0, 0.1) is 0 Å². The van der Waals surface area contributed by atoms with Crippen LogP contribution in [0.4, 0.5) is 4.79 Å². The van der Waals surface area contributed by atoms with Crippen molar-refractivity contribution in [2.24, 2.45) is 5.10 Å². The number of nitrogens with zero attached hydrogens (tertiary/aromatic N) is 9. The number of urea groups is 1. The number of hydrogen-bond donors (Lipinski definition) is 0. The summed E-state index contributed by atoms with van der Waals surface area (Å²) in [5.74, 6) is 1.88. The lowest BCUT2D eigenvalue weighted by molar-refractivity contribution is 0.104. The average Bonchev–Trinajstić information content (AvgIpc) is 3.58. The SMILES string of the molecule is CC(C)N1[N]C(c2ccc(-c3cc(-n4cccn4)nc(-n4cccn4)c3)cc2)=NN(C(C)C)C1=O. The molecule has 0 atom stereocenters. The summed E-state index contributed by atoms with van der Waals surface area (Å²) in [4.78, 5) is 17.4. The van der Waals surface area contributed by atoms with Crippen molar-refractivity contribution in [3.63, 3.8) is 0 Å². The van der Waals surface area contributed by atoms with Crippen LogP contribution in [-0.4, -0.2) is 58.5 Å². The second kappa shape index (κ2) is 9.05. The first-order valence-electron chi connectivity index (χ1n) is 11.5. The third-order valence-corrected chi connectivity index (χ3v) is 5.53. The lowest BCUT2D eigenvalue weighted by Gasteiger charge is -2.35. The minimum Gasteiger partial charge on any atom is -0.244 e. The molecule has 0 N–H and O–H groups in total. The van der Waals surface area contributed by atoms with E-state index in [4.69, 9.17) is 4.98 Å². The number of pyridine rings is 1. The van der Waals surface area contributed by atoms with Gasteiger partial charge in [-0.1, -0.05) is 24.3 Å². The standard InChI is InChI=1S/C25H26N9O/c1-17(2)33-25(35)34(18(3)4)30-24(29-33)20-9-7-19(8-10-20)21-15-22(31-13-5-11-26-31)28-23(16-21)32-14-6-12-27-32/h5-18H,1-4H3. The Bertz CT molecular complexity index is 1290. The number of amides is 2. The summed E-state index contributed by atoms with van der Waals surface area (Å²) in [7, 11) is 0. The zero-order valence-corrected chi connectivity index (χ0v) is 20.0. The van der Waals surface area contributed by atoms with Crippen molar-refractivity contribution in [2.75, 3.05) is 0 Å². The van der Waals surface area contributed by atoms with Crippen LogP contribution in [0.1, 0.15) is 33.3 Å². The first kappa shape index (κ1) is 22.3. The van der Waals surface area contributed by atoms with Gasteiger partial charge in [-0.15, -0.1) is 10.5 Å². The number of hydrazone groups is 1. The van der Waals surface area contributed by atoms with Crippen LogP contribution < -0.4 is 5.43 Å². The van der Waals surface area contributed by atoms with Crippen molar-refractivity contribution < 1.29 is 4.79 Å². The normalized spacial score (nSPS) is 14.0. The number of carbonyl (C=O) groups excluding carboxylic acids is 1. The lowest BCUT2D eigenvalue weighted by Crippen LogP contribution is -2.56. The fraction of sp³-hybridized carbons (Fsp3) is 0.240. The highest BCUT2D eigenvalue weighted by Crippen LogP contribution is 2.25. The van der Waals surface area contributed by atoms with Crippen molar-refractivity contribution in [1.82, 2.24) is 40.0 Å². The Kier molecular flexibility index (Phi) is 5.77. The highest BCUT2D eigenvalue weighted by Gasteiger charge is 2.33. The molecule has 0 fully saturated rings. The smallest absolute Gasteiger partial charge is 0.244 e. The molecule has 4 heterocycles. The molecule has 0 bridgehead atoms. The molecule has 3 aromatic heterocycles. The summed E-state index contributed by atoms with van der Waals surface area (Å²) in [6.45, 7) is 7.74. The molecular formula is C25H26N9O. The molecule has 1 aliphatic heterocycles. The van der Waals surface area contributed by atoms with Gasteiger partial charge in [0.2, 0.25) is 0 Å². The molecule has 2 amide bonds. The monoisotopic (exact) mass is 468 g/mol. The zero-order valence-electron chi connectivity index (χ0n) is 20.0. The second-order valence-electron chi connectivity index (χ2n) is 8.73. The van der Waals surface area contributed by atoms with Crippen LogP contribution in [0.3, 0.4) is 0 Å². The van der Waals surface area contributed by atoms with Crippen LogP contribution in [0.25, 0.3) is 22.8 Å². The van der Waals surface area contributed by atoms with Crippen LogP contribution >= 0.6 is 0 Å². The molecule has 4 aromatic rings. The Balaban J connectivity index is 1.51. The quantitative estimate of drug-likeness (QED) is 0.429. The molecule has 1 aromatic carbocycles. The maximum Gasteiger partial charge on any atom is 0.361 e. The van der Waals surface area contributed by atoms with Gasteiger partial charge < -0.3 is 0 Å². The van der Waals surface area contributed by atoms with Gasteiger partial charge in [0.15, 0.2) is 17.5 Å². The molecule has 0 saturated carbocycles. The van der Waals surface area contributed by atoms with E-state index in [2.05, 4.69) is 20.7 Å². The average molecular weight is 469 g/mol. The molecule has 0 aliphatic carbocycles. The lowest BCUT2D eigenvalue weighted by atomic mass is 10.0. The number of amidine groups is 1. The molecular weight excluding hydrogens is 442 g/mol. The molecule has 10 heteroatoms. The van der Waals surface area contributed by atoms with Crippen LogP contribution in [0.15, 0.2) is 78.4 Å². The van der Waals surface area contributed by atoms with Crippen LogP contribution in [0.5, 0.6) is 0 Å². The van der Waals surface area contributed by atoms with E-state index in [1.807, 2.05) is 88.6 Å². The molecule has 0 saturated heterocycles. The van der Waals surface area contributed by atoms with Gasteiger partial charge >= 0.3 is 6.03 Å². The van der Waals surface area contributed by atoms with Crippen molar-refractivity contribution in [3.05, 3.63) is 78.9 Å². The maximum absolute atomic E-state index is 12.7. The van der Waals surface area contributed by atoms with Gasteiger partial charge in [-0.2, -0.15) is 10.2 Å². The predicted octanol–water partition coefficient (Wildman–Crippen LogP) is 3.86. The van der Waals surface area contributed by atoms with Gasteiger partial charge in [-0.05, 0) is 63.1 Å². The summed E-state index contributed by atoms with van der Waals surface area (Å²) < 4.78 is 3.44. The fourth-order valence-corrected chi connectivity index (χ4v) is 3.73. The summed E-state index contributed by atoms with van der Waals surface area (Å²) in [5, 5.41) is 16.1. The first-order chi connectivity index (χ1) is 16.9. The summed E-state index contributed by atoms with van der Waals surface area (Å²) in [5.41, 5.74) is 7.31. The molecule has 0 unspecified atom stereocenters. The van der Waals surface area contributed by atoms with Gasteiger partial charge in [0.05, 0.1) is 12.1 Å². The van der Waals surface area contributed by atoms with E-state index in [1.165, 1.54) is 10.0 Å². The van der Waals surface area contributed by atoms with Gasteiger partial charge in [-0.3, -0.25) is 0 Å². The molecule has 177 valence electrons. The van der Waals surface area contributed by atoms with Crippen molar-refractivity contribution >= 4 is 11.9 Å². The number of aromatic nitrogens is 5. The molecule has 10 nitrogen and oxygen atoms in total. The Hall–Kier alpha value is -4.47. The van der Waals surface area contributed by atoms with Gasteiger partial charge in [-0.25, -0.2) is 29.2 Å². The number of hydrogen-bond acceptors (Lipinski definition) is 5. The number of carbonyl (C=O) groups is 1. The van der Waals surface area contributed by atoms with E-state index >= 15 is 0 Å². The van der Waals surface area contributed by atoms with E-state index in [0.29, 0.717) is 17.5 Å². The van der Waals surface area contributed by atoms with E-state index in [0.717, 1.165) is 16.7 Å². The van der Waals surface area contributed by atoms with Crippen LogP contribution in [0.2, 0.25) is 0 Å². The minimum absolute atomic E-state index is 0.0771. The van der Waals surface area contributed by atoms with E-state index in [-0.39, 0.29) is 18.1 Å². The molecule has 0 spiro atoms. The highest BCUT2D eigenvalue weighted by atomic mass is 16.2. The predicted molar refractivity (Wildman–Crippen MR) is 132 cm³/mol.